The number of imidazole rings is 1. The Morgan fingerprint density at radius 3 is 2.71 bits per heavy atom. The molecule has 0 saturated heterocycles. The number of hydrogen-bond donors (Lipinski definition) is 0. The predicted molar refractivity (Wildman–Crippen MR) is 80.2 cm³/mol. The molecule has 3 heterocycles. The number of fused-ring (bicyclic) bond motifs is 1. The molecule has 0 unspecified atom stereocenters. The van der Waals surface area contributed by atoms with E-state index >= 15 is 0 Å². The van der Waals surface area contributed by atoms with Gasteiger partial charge in [-0.1, -0.05) is 0 Å². The Bertz CT molecular complexity index is 767. The molecule has 0 atom stereocenters. The Kier molecular flexibility index (Phi) is 3.67. The molecule has 0 bridgehead atoms. The Hall–Kier alpha value is -1.89. The fourth-order valence-electron chi connectivity index (χ4n) is 2.54. The summed E-state index contributed by atoms with van der Waals surface area (Å²) in [6.45, 7) is 5.60. The Balaban J connectivity index is 1.99. The fraction of sp³-hybridized carbons (Fsp3) is 0.538. The van der Waals surface area contributed by atoms with Gasteiger partial charge in [0.25, 0.3) is 0 Å². The summed E-state index contributed by atoms with van der Waals surface area (Å²) in [7, 11) is 1.87. The van der Waals surface area contributed by atoms with Crippen molar-refractivity contribution in [2.45, 2.75) is 39.2 Å². The van der Waals surface area contributed by atoms with Crippen LogP contribution in [0.15, 0.2) is 6.33 Å². The molecule has 3 aromatic heterocycles. The Morgan fingerprint density at radius 1 is 1.29 bits per heavy atom. The number of rotatable bonds is 5. The summed E-state index contributed by atoms with van der Waals surface area (Å²) in [5.74, 6) is 2.07. The lowest BCUT2D eigenvalue weighted by atomic mass is 10.4. The molecule has 112 valence electrons. The first-order valence-electron chi connectivity index (χ1n) is 6.97. The lowest BCUT2D eigenvalue weighted by molar-refractivity contribution is 0.606. The Morgan fingerprint density at radius 2 is 2.10 bits per heavy atom. The number of aromatic nitrogens is 7. The van der Waals surface area contributed by atoms with Crippen molar-refractivity contribution in [3.63, 3.8) is 0 Å². The minimum absolute atomic E-state index is 0.382. The summed E-state index contributed by atoms with van der Waals surface area (Å²) in [6, 6.07) is 0. The first-order valence-corrected chi connectivity index (χ1v) is 7.50. The highest BCUT2D eigenvalue weighted by Gasteiger charge is 2.17. The van der Waals surface area contributed by atoms with Crippen molar-refractivity contribution in [2.75, 3.05) is 0 Å². The molecule has 21 heavy (non-hydrogen) atoms. The molecule has 0 aliphatic carbocycles. The summed E-state index contributed by atoms with van der Waals surface area (Å²) in [5, 5.41) is 8.83. The van der Waals surface area contributed by atoms with E-state index in [1.165, 1.54) is 0 Å². The van der Waals surface area contributed by atoms with Gasteiger partial charge >= 0.3 is 0 Å². The van der Waals surface area contributed by atoms with Crippen LogP contribution in [0.4, 0.5) is 0 Å². The van der Waals surface area contributed by atoms with E-state index in [0.717, 1.165) is 48.0 Å². The molecule has 8 heteroatoms. The normalized spacial score (nSPS) is 11.6. The highest BCUT2D eigenvalue weighted by molar-refractivity contribution is 6.16. The van der Waals surface area contributed by atoms with Crippen LogP contribution in [0.1, 0.15) is 24.3 Å². The number of alkyl halides is 1. The van der Waals surface area contributed by atoms with Crippen LogP contribution in [0.5, 0.6) is 0 Å². The molecular weight excluding hydrogens is 290 g/mol. The van der Waals surface area contributed by atoms with Gasteiger partial charge in [0.2, 0.25) is 0 Å². The largest absolute Gasteiger partial charge is 0.311 e. The monoisotopic (exact) mass is 307 g/mol. The van der Waals surface area contributed by atoms with E-state index in [1.54, 1.807) is 11.0 Å². The average molecular weight is 308 g/mol. The smallest absolute Gasteiger partial charge is 0.158 e. The highest BCUT2D eigenvalue weighted by atomic mass is 35.5. The van der Waals surface area contributed by atoms with Crippen LogP contribution in [0, 0.1) is 6.92 Å². The van der Waals surface area contributed by atoms with E-state index in [4.69, 9.17) is 11.6 Å². The predicted octanol–water partition coefficient (Wildman–Crippen LogP) is 1.67. The first-order chi connectivity index (χ1) is 10.1. The molecule has 0 fully saturated rings. The quantitative estimate of drug-likeness (QED) is 0.673. The average Bonchev–Trinajstić information content (AvgIpc) is 3.12. The van der Waals surface area contributed by atoms with Crippen molar-refractivity contribution < 1.29 is 0 Å². The SMILES string of the molecule is CCn1nc(C)c2nc(CCl)n(CCc3ncn(C)n3)c21. The number of aryl methyl sites for hydroxylation is 5. The second-order valence-corrected chi connectivity index (χ2v) is 5.24. The van der Waals surface area contributed by atoms with Gasteiger partial charge in [-0.2, -0.15) is 10.2 Å². The van der Waals surface area contributed by atoms with E-state index in [9.17, 15) is 0 Å². The third-order valence-corrected chi connectivity index (χ3v) is 3.74. The summed E-state index contributed by atoms with van der Waals surface area (Å²) >= 11 is 6.05. The zero-order valence-electron chi connectivity index (χ0n) is 12.4. The van der Waals surface area contributed by atoms with E-state index in [0.29, 0.717) is 5.88 Å². The molecule has 0 saturated carbocycles. The van der Waals surface area contributed by atoms with Crippen LogP contribution in [0.2, 0.25) is 0 Å². The van der Waals surface area contributed by atoms with Gasteiger partial charge in [-0.3, -0.25) is 4.68 Å². The van der Waals surface area contributed by atoms with Gasteiger partial charge in [-0.15, -0.1) is 11.6 Å². The maximum absolute atomic E-state index is 6.05. The van der Waals surface area contributed by atoms with E-state index in [1.807, 2.05) is 18.7 Å². The minimum Gasteiger partial charge on any atom is -0.311 e. The van der Waals surface area contributed by atoms with Crippen molar-refractivity contribution >= 4 is 22.8 Å². The maximum Gasteiger partial charge on any atom is 0.158 e. The van der Waals surface area contributed by atoms with E-state index in [-0.39, 0.29) is 0 Å². The molecular formula is C13H18ClN7. The summed E-state index contributed by atoms with van der Waals surface area (Å²) in [5.41, 5.74) is 2.90. The van der Waals surface area contributed by atoms with Gasteiger partial charge in [0.15, 0.2) is 11.5 Å². The van der Waals surface area contributed by atoms with Crippen LogP contribution < -0.4 is 0 Å². The highest BCUT2D eigenvalue weighted by Crippen LogP contribution is 2.21. The number of halogens is 1. The molecule has 0 N–H and O–H groups in total. The van der Waals surface area contributed by atoms with Crippen molar-refractivity contribution in [3.05, 3.63) is 23.7 Å². The molecule has 3 aromatic rings. The molecule has 0 aliphatic rings. The number of nitrogens with zero attached hydrogens (tertiary/aromatic N) is 7. The van der Waals surface area contributed by atoms with Gasteiger partial charge in [0.1, 0.15) is 17.7 Å². The molecule has 0 aromatic carbocycles. The topological polar surface area (TPSA) is 66.3 Å². The lowest BCUT2D eigenvalue weighted by Gasteiger charge is -2.07. The van der Waals surface area contributed by atoms with Crippen molar-refractivity contribution in [1.29, 1.82) is 0 Å². The van der Waals surface area contributed by atoms with Crippen molar-refractivity contribution in [3.8, 4) is 0 Å². The maximum atomic E-state index is 6.05. The zero-order chi connectivity index (χ0) is 15.0. The third kappa shape index (κ3) is 2.42. The van der Waals surface area contributed by atoms with E-state index < -0.39 is 0 Å². The lowest BCUT2D eigenvalue weighted by Crippen LogP contribution is -2.10. The third-order valence-electron chi connectivity index (χ3n) is 3.50. The Labute approximate surface area is 127 Å². The zero-order valence-corrected chi connectivity index (χ0v) is 13.2. The van der Waals surface area contributed by atoms with Crippen LogP contribution in [-0.2, 0) is 32.4 Å². The molecule has 0 spiro atoms. The standard InChI is InChI=1S/C13H18ClN7/c1-4-21-13-12(9(2)17-21)16-11(7-14)20(13)6-5-10-15-8-19(3)18-10/h8H,4-7H2,1-3H3. The fourth-order valence-corrected chi connectivity index (χ4v) is 2.74. The summed E-state index contributed by atoms with van der Waals surface area (Å²) in [4.78, 5) is 8.88. The van der Waals surface area contributed by atoms with Gasteiger partial charge in [-0.05, 0) is 13.8 Å². The van der Waals surface area contributed by atoms with E-state index in [2.05, 4.69) is 31.7 Å². The summed E-state index contributed by atoms with van der Waals surface area (Å²) < 4.78 is 5.81. The molecule has 3 rings (SSSR count). The molecule has 7 nitrogen and oxygen atoms in total. The van der Waals surface area contributed by atoms with Crippen molar-refractivity contribution in [1.82, 2.24) is 34.1 Å². The number of hydrogen-bond acceptors (Lipinski definition) is 4. The molecule has 0 radical (unpaired) electrons. The molecule has 0 amide bonds. The van der Waals surface area contributed by atoms with Gasteiger partial charge in [-0.25, -0.2) is 14.6 Å². The van der Waals surface area contributed by atoms with Crippen LogP contribution in [-0.4, -0.2) is 34.1 Å². The van der Waals surface area contributed by atoms with Crippen LogP contribution in [0.3, 0.4) is 0 Å². The van der Waals surface area contributed by atoms with Gasteiger partial charge in [0.05, 0.1) is 11.6 Å². The molecule has 0 aliphatic heterocycles. The summed E-state index contributed by atoms with van der Waals surface area (Å²) in [6.07, 6.45) is 2.45. The van der Waals surface area contributed by atoms with Gasteiger partial charge < -0.3 is 4.57 Å². The van der Waals surface area contributed by atoms with Gasteiger partial charge in [0, 0.05) is 26.6 Å². The van der Waals surface area contributed by atoms with Crippen molar-refractivity contribution in [2.24, 2.45) is 7.05 Å². The second-order valence-electron chi connectivity index (χ2n) is 4.97. The van der Waals surface area contributed by atoms with Crippen LogP contribution >= 0.6 is 11.6 Å². The van der Waals surface area contributed by atoms with Crippen LogP contribution in [0.25, 0.3) is 11.2 Å². The first kappa shape index (κ1) is 14.1. The second kappa shape index (κ2) is 5.48. The minimum atomic E-state index is 0.382.